The number of furan rings is 1. The van der Waals surface area contributed by atoms with E-state index in [1.165, 1.54) is 0 Å². The largest absolute Gasteiger partial charge is 0.459 e. The van der Waals surface area contributed by atoms with Crippen molar-refractivity contribution in [1.29, 1.82) is 0 Å². The highest BCUT2D eigenvalue weighted by atomic mass is 127. The molecule has 140 valence electrons. The number of rotatable bonds is 6. The molecule has 0 aliphatic rings. The standard InChI is InChI=1S/C19H30N4O.HI/c1-6-20-18(21-11-12-22-19(3,4)5)23-14(2)17-13-15-9-7-8-10-16(15)24-17;/h7-10,13-14,22H,6,11-12H2,1-5H3,(H2,20,21,23);1H. The summed E-state index contributed by atoms with van der Waals surface area (Å²) in [6.45, 7) is 13.0. The summed E-state index contributed by atoms with van der Waals surface area (Å²) in [6.07, 6.45) is 0. The molecule has 25 heavy (non-hydrogen) atoms. The molecule has 0 fully saturated rings. The van der Waals surface area contributed by atoms with Crippen molar-refractivity contribution < 1.29 is 4.42 Å². The third-order valence-corrected chi connectivity index (χ3v) is 3.61. The van der Waals surface area contributed by atoms with E-state index in [2.05, 4.69) is 67.7 Å². The molecule has 0 aliphatic carbocycles. The lowest BCUT2D eigenvalue weighted by Gasteiger charge is -2.20. The molecule has 2 aromatic rings. The van der Waals surface area contributed by atoms with E-state index in [1.54, 1.807) is 0 Å². The Morgan fingerprint density at radius 1 is 1.24 bits per heavy atom. The molecular formula is C19H31IN4O. The number of aliphatic imine (C=N–C) groups is 1. The van der Waals surface area contributed by atoms with Crippen molar-refractivity contribution in [3.63, 3.8) is 0 Å². The molecule has 0 saturated carbocycles. The second-order valence-electron chi connectivity index (χ2n) is 6.99. The lowest BCUT2D eigenvalue weighted by molar-refractivity contribution is 0.432. The molecule has 6 heteroatoms. The Hall–Kier alpha value is -1.28. The van der Waals surface area contributed by atoms with Gasteiger partial charge in [0.1, 0.15) is 11.3 Å². The van der Waals surface area contributed by atoms with Gasteiger partial charge in [-0.15, -0.1) is 24.0 Å². The van der Waals surface area contributed by atoms with Crippen molar-refractivity contribution in [3.8, 4) is 0 Å². The number of hydrogen-bond donors (Lipinski definition) is 3. The van der Waals surface area contributed by atoms with Gasteiger partial charge in [-0.3, -0.25) is 4.99 Å². The molecule has 3 N–H and O–H groups in total. The van der Waals surface area contributed by atoms with Crippen LogP contribution in [0.25, 0.3) is 11.0 Å². The maximum Gasteiger partial charge on any atom is 0.191 e. The van der Waals surface area contributed by atoms with E-state index >= 15 is 0 Å². The summed E-state index contributed by atoms with van der Waals surface area (Å²) in [7, 11) is 0. The Labute approximate surface area is 168 Å². The van der Waals surface area contributed by atoms with Crippen LogP contribution in [-0.2, 0) is 0 Å². The van der Waals surface area contributed by atoms with Crippen LogP contribution in [0.15, 0.2) is 39.7 Å². The first-order valence-electron chi connectivity index (χ1n) is 8.67. The van der Waals surface area contributed by atoms with Crippen molar-refractivity contribution in [1.82, 2.24) is 16.0 Å². The van der Waals surface area contributed by atoms with Crippen LogP contribution < -0.4 is 16.0 Å². The molecule has 0 aliphatic heterocycles. The predicted octanol–water partition coefficient (Wildman–Crippen LogP) is 4.06. The van der Waals surface area contributed by atoms with Crippen molar-refractivity contribution in [2.45, 2.75) is 46.2 Å². The van der Waals surface area contributed by atoms with Crippen LogP contribution in [-0.4, -0.2) is 31.1 Å². The van der Waals surface area contributed by atoms with Gasteiger partial charge in [0.25, 0.3) is 0 Å². The van der Waals surface area contributed by atoms with Crippen LogP contribution >= 0.6 is 24.0 Å². The molecule has 0 amide bonds. The van der Waals surface area contributed by atoms with E-state index < -0.39 is 0 Å². The minimum absolute atomic E-state index is 0. The SMILES string of the molecule is CCNC(=NCCNC(C)(C)C)NC(C)c1cc2ccccc2o1.I. The molecular weight excluding hydrogens is 427 g/mol. The van der Waals surface area contributed by atoms with Crippen LogP contribution in [0.5, 0.6) is 0 Å². The van der Waals surface area contributed by atoms with E-state index in [0.717, 1.165) is 42.3 Å². The maximum absolute atomic E-state index is 5.92. The maximum atomic E-state index is 5.92. The molecule has 0 radical (unpaired) electrons. The zero-order chi connectivity index (χ0) is 17.6. The van der Waals surface area contributed by atoms with E-state index in [4.69, 9.17) is 4.42 Å². The average Bonchev–Trinajstić information content (AvgIpc) is 2.95. The first-order valence-corrected chi connectivity index (χ1v) is 8.67. The summed E-state index contributed by atoms with van der Waals surface area (Å²) >= 11 is 0. The molecule has 1 unspecified atom stereocenters. The highest BCUT2D eigenvalue weighted by Gasteiger charge is 2.13. The fourth-order valence-electron chi connectivity index (χ4n) is 2.41. The fourth-order valence-corrected chi connectivity index (χ4v) is 2.41. The number of guanidine groups is 1. The number of halogens is 1. The van der Waals surface area contributed by atoms with Gasteiger partial charge in [-0.1, -0.05) is 18.2 Å². The Balaban J connectivity index is 0.00000312. The number of hydrogen-bond acceptors (Lipinski definition) is 3. The van der Waals surface area contributed by atoms with Crippen molar-refractivity contribution in [2.75, 3.05) is 19.6 Å². The van der Waals surface area contributed by atoms with Crippen LogP contribution in [0, 0.1) is 0 Å². The van der Waals surface area contributed by atoms with Crippen LogP contribution in [0.4, 0.5) is 0 Å². The third-order valence-electron chi connectivity index (χ3n) is 3.61. The van der Waals surface area contributed by atoms with E-state index in [-0.39, 0.29) is 35.6 Å². The molecule has 0 bridgehead atoms. The van der Waals surface area contributed by atoms with Gasteiger partial charge >= 0.3 is 0 Å². The Morgan fingerprint density at radius 3 is 2.60 bits per heavy atom. The topological polar surface area (TPSA) is 61.6 Å². The van der Waals surface area contributed by atoms with E-state index in [0.29, 0.717) is 0 Å². The van der Waals surface area contributed by atoms with Gasteiger partial charge in [-0.05, 0) is 46.8 Å². The third kappa shape index (κ3) is 7.23. The quantitative estimate of drug-likeness (QED) is 0.265. The Morgan fingerprint density at radius 2 is 1.96 bits per heavy atom. The highest BCUT2D eigenvalue weighted by molar-refractivity contribution is 14.0. The second kappa shape index (κ2) is 10.0. The van der Waals surface area contributed by atoms with E-state index in [9.17, 15) is 0 Å². The number of benzene rings is 1. The minimum Gasteiger partial charge on any atom is -0.459 e. The Bertz CT molecular complexity index is 642. The number of para-hydroxylation sites is 1. The van der Waals surface area contributed by atoms with Crippen molar-refractivity contribution >= 4 is 40.9 Å². The van der Waals surface area contributed by atoms with E-state index in [1.807, 2.05) is 18.2 Å². The summed E-state index contributed by atoms with van der Waals surface area (Å²) in [5.41, 5.74) is 1.03. The average molecular weight is 458 g/mol. The molecule has 1 aromatic carbocycles. The summed E-state index contributed by atoms with van der Waals surface area (Å²) in [5.74, 6) is 1.72. The van der Waals surface area contributed by atoms with Gasteiger partial charge in [-0.2, -0.15) is 0 Å². The van der Waals surface area contributed by atoms with Gasteiger partial charge in [0.15, 0.2) is 5.96 Å². The summed E-state index contributed by atoms with van der Waals surface area (Å²) < 4.78 is 5.92. The molecule has 1 heterocycles. The van der Waals surface area contributed by atoms with Gasteiger partial charge in [0.2, 0.25) is 0 Å². The van der Waals surface area contributed by atoms with Crippen molar-refractivity contribution in [2.24, 2.45) is 4.99 Å². The normalized spacial score (nSPS) is 13.4. The van der Waals surface area contributed by atoms with Gasteiger partial charge in [0.05, 0.1) is 12.6 Å². The lowest BCUT2D eigenvalue weighted by Crippen LogP contribution is -2.40. The molecule has 0 spiro atoms. The van der Waals surface area contributed by atoms with Crippen LogP contribution in [0.3, 0.4) is 0 Å². The fraction of sp³-hybridized carbons (Fsp3) is 0.526. The summed E-state index contributed by atoms with van der Waals surface area (Å²) in [5, 5.41) is 11.3. The number of nitrogens with zero attached hydrogens (tertiary/aromatic N) is 1. The molecule has 1 atom stereocenters. The number of nitrogens with one attached hydrogen (secondary N) is 3. The second-order valence-corrected chi connectivity index (χ2v) is 6.99. The molecule has 5 nitrogen and oxygen atoms in total. The number of fused-ring (bicyclic) bond motifs is 1. The molecule has 2 rings (SSSR count). The molecule has 1 aromatic heterocycles. The zero-order valence-corrected chi connectivity index (χ0v) is 18.2. The van der Waals surface area contributed by atoms with Gasteiger partial charge < -0.3 is 20.4 Å². The van der Waals surface area contributed by atoms with Crippen LogP contribution in [0.2, 0.25) is 0 Å². The first-order chi connectivity index (χ1) is 11.4. The predicted molar refractivity (Wildman–Crippen MR) is 117 cm³/mol. The Kier molecular flexibility index (Phi) is 8.71. The van der Waals surface area contributed by atoms with Gasteiger partial charge in [0, 0.05) is 24.0 Å². The first kappa shape index (κ1) is 21.8. The summed E-state index contributed by atoms with van der Waals surface area (Å²) in [6, 6.07) is 10.2. The van der Waals surface area contributed by atoms with Gasteiger partial charge in [-0.25, -0.2) is 0 Å². The minimum atomic E-state index is 0. The summed E-state index contributed by atoms with van der Waals surface area (Å²) in [4.78, 5) is 4.63. The van der Waals surface area contributed by atoms with Crippen molar-refractivity contribution in [3.05, 3.63) is 36.1 Å². The zero-order valence-electron chi connectivity index (χ0n) is 15.8. The van der Waals surface area contributed by atoms with Crippen LogP contribution in [0.1, 0.15) is 46.4 Å². The highest BCUT2D eigenvalue weighted by Crippen LogP contribution is 2.23. The smallest absolute Gasteiger partial charge is 0.191 e. The lowest BCUT2D eigenvalue weighted by atomic mass is 10.1. The molecule has 0 saturated heterocycles. The monoisotopic (exact) mass is 458 g/mol.